The van der Waals surface area contributed by atoms with Crippen molar-refractivity contribution in [1.29, 1.82) is 0 Å². The fraction of sp³-hybridized carbons (Fsp3) is 0.618. The number of nitrogens with zero attached hydrogens (tertiary/aromatic N) is 4. The number of benzene rings is 2. The molecule has 0 bridgehead atoms. The Morgan fingerprint density at radius 3 is 1.30 bits per heavy atom. The number of carbonyl (C=O) groups excluding carboxylic acids is 10. The van der Waals surface area contributed by atoms with Gasteiger partial charge in [-0.25, -0.2) is 44.8 Å². The maximum Gasteiger partial charge on any atom is 0.410 e. The van der Waals surface area contributed by atoms with Crippen molar-refractivity contribution in [2.45, 2.75) is 214 Å². The van der Waals surface area contributed by atoms with Crippen molar-refractivity contribution < 1.29 is 102 Å². The average Bonchev–Trinajstić information content (AvgIpc) is 1.58. The van der Waals surface area contributed by atoms with Gasteiger partial charge in [-0.2, -0.15) is 0 Å². The SMILES string of the molecule is CC(C)(C)OC(=O)N[C@H]1COCCC/C=C\[C@@H]2C[C@@]2(C(=O)NS(=O)(=O)C2CC2)NC(=O)[C@@H]2C[C@@H](OC(=O)N3Cc4cccc(F)c4C3)CN2C1=O.CC(C)(C)OC(=O)N[C@H]1COCCC/C=C\[C@@H]2C[C@@]2(C(=O)NS(=O)(=O)C2CC2)NC(=O)[C@@H]2C[C@@H](OC(=O)N3Cc4cccc(F)c4C3)CN2C1=O. The number of carbonyl (C=O) groups is 10. The minimum absolute atomic E-state index is 0.0182. The molecule has 34 heteroatoms. The predicted molar refractivity (Wildman–Crippen MR) is 355 cm³/mol. The normalized spacial score (nSPS) is 28.9. The Bertz CT molecular complexity index is 3700. The minimum atomic E-state index is -3.94. The average molecular weight is 1470 g/mol. The summed E-state index contributed by atoms with van der Waals surface area (Å²) in [5, 5.41) is 9.24. The van der Waals surface area contributed by atoms with Gasteiger partial charge in [0.25, 0.3) is 11.8 Å². The van der Waals surface area contributed by atoms with Gasteiger partial charge in [0.1, 0.15) is 70.3 Å². The first-order valence-corrected chi connectivity index (χ1v) is 37.5. The van der Waals surface area contributed by atoms with E-state index >= 15 is 0 Å². The Hall–Kier alpha value is -8.50. The highest BCUT2D eigenvalue weighted by Crippen LogP contribution is 2.48. The summed E-state index contributed by atoms with van der Waals surface area (Å²) in [5.74, 6) is -6.62. The van der Waals surface area contributed by atoms with E-state index in [1.165, 1.54) is 21.9 Å². The zero-order chi connectivity index (χ0) is 73.4. The molecular formula is C68H88F2N10O20S2. The molecule has 0 aromatic heterocycles. The minimum Gasteiger partial charge on any atom is -0.444 e. The first-order chi connectivity index (χ1) is 48.1. The number of ether oxygens (including phenoxy) is 6. The van der Waals surface area contributed by atoms with E-state index in [-0.39, 0.29) is 91.4 Å². The lowest BCUT2D eigenvalue weighted by Gasteiger charge is -2.30. The first-order valence-electron chi connectivity index (χ1n) is 34.4. The van der Waals surface area contributed by atoms with Crippen LogP contribution in [0.5, 0.6) is 0 Å². The van der Waals surface area contributed by atoms with Crippen LogP contribution >= 0.6 is 0 Å². The second kappa shape index (κ2) is 29.7. The predicted octanol–water partition coefficient (Wildman–Crippen LogP) is 3.98. The first kappa shape index (κ1) is 74.7. The van der Waals surface area contributed by atoms with Gasteiger partial charge in [0.05, 0.1) is 49.9 Å². The van der Waals surface area contributed by atoms with Crippen LogP contribution in [-0.2, 0) is 103 Å². The fourth-order valence-electron chi connectivity index (χ4n) is 13.3. The third-order valence-electron chi connectivity index (χ3n) is 19.1. The molecule has 0 unspecified atom stereocenters. The second-order valence-electron chi connectivity index (χ2n) is 29.5. The van der Waals surface area contributed by atoms with E-state index in [1.54, 1.807) is 78.0 Å². The maximum absolute atomic E-state index is 14.4. The van der Waals surface area contributed by atoms with Crippen molar-refractivity contribution in [3.63, 3.8) is 0 Å². The summed E-state index contributed by atoms with van der Waals surface area (Å²) < 4.78 is 118. The molecule has 6 aliphatic heterocycles. The summed E-state index contributed by atoms with van der Waals surface area (Å²) in [7, 11) is -7.87. The van der Waals surface area contributed by atoms with Crippen LogP contribution < -0.4 is 30.7 Å². The lowest BCUT2D eigenvalue weighted by molar-refractivity contribution is -0.142. The molecule has 6 N–H and O–H groups in total. The molecule has 30 nitrogen and oxygen atoms in total. The van der Waals surface area contributed by atoms with E-state index in [0.29, 0.717) is 73.6 Å². The molecule has 2 aromatic rings. The second-order valence-corrected chi connectivity index (χ2v) is 33.5. The molecule has 12 rings (SSSR count). The van der Waals surface area contributed by atoms with Gasteiger partial charge in [0.2, 0.25) is 43.7 Å². The lowest BCUT2D eigenvalue weighted by atomic mass is 10.1. The summed E-state index contributed by atoms with van der Waals surface area (Å²) in [6.07, 6.45) is 5.66. The van der Waals surface area contributed by atoms with Gasteiger partial charge in [0.15, 0.2) is 0 Å². The van der Waals surface area contributed by atoms with E-state index < -0.39 is 172 Å². The largest absolute Gasteiger partial charge is 0.444 e. The van der Waals surface area contributed by atoms with Crippen LogP contribution in [0, 0.1) is 23.5 Å². The van der Waals surface area contributed by atoms with E-state index in [2.05, 4.69) is 30.7 Å². The highest BCUT2D eigenvalue weighted by molar-refractivity contribution is 7.91. The van der Waals surface area contributed by atoms with Crippen LogP contribution in [0.3, 0.4) is 0 Å². The van der Waals surface area contributed by atoms with Crippen LogP contribution in [0.1, 0.15) is 141 Å². The molecule has 6 heterocycles. The van der Waals surface area contributed by atoms with Gasteiger partial charge < -0.3 is 59.5 Å². The molecule has 0 radical (unpaired) electrons. The smallest absolute Gasteiger partial charge is 0.410 e. The molecule has 4 saturated carbocycles. The summed E-state index contributed by atoms with van der Waals surface area (Å²) in [4.78, 5) is 141. The molecule has 4 aliphatic carbocycles. The molecule has 10 atom stereocenters. The standard InChI is InChI=1S/2C34H44FN5O10S/c2*1-33(2,3)50-31(44)36-26-19-48-13-6-4-5-9-21-15-34(21,30(43)38-51(46,47)23-11-12-23)37-28(41)27-14-22(17-40(27)29(26)42)49-32(45)39-16-20-8-7-10-25(35)24(20)18-39/h2*5,7-10,21-23,26-27H,4,6,11-19H2,1-3H3,(H,36,44)(H,37,41)(H,38,43)/b2*9-5-/t2*21-,22-,26+,27+,34-/m11/s1. The summed E-state index contributed by atoms with van der Waals surface area (Å²) in [6, 6.07) is 3.97. The number of hydrogen-bond donors (Lipinski definition) is 6. The maximum atomic E-state index is 14.4. The molecule has 6 fully saturated rings. The molecule has 102 heavy (non-hydrogen) atoms. The number of hydrogen-bond acceptors (Lipinski definition) is 20. The van der Waals surface area contributed by atoms with Crippen LogP contribution in [0.25, 0.3) is 0 Å². The number of fused-ring (bicyclic) bond motifs is 6. The lowest BCUT2D eigenvalue weighted by Crippen LogP contribution is -2.59. The highest BCUT2D eigenvalue weighted by Gasteiger charge is 2.64. The third kappa shape index (κ3) is 17.7. The number of allylic oxidation sites excluding steroid dienone is 2. The van der Waals surface area contributed by atoms with Crippen molar-refractivity contribution >= 4 is 79.9 Å². The van der Waals surface area contributed by atoms with Crippen molar-refractivity contribution in [2.24, 2.45) is 11.8 Å². The Kier molecular flexibility index (Phi) is 21.7. The van der Waals surface area contributed by atoms with Crippen LogP contribution in [0.2, 0.25) is 0 Å². The van der Waals surface area contributed by atoms with Gasteiger partial charge in [-0.3, -0.25) is 48.0 Å². The molecule has 0 spiro atoms. The fourth-order valence-corrected chi connectivity index (χ4v) is 16.0. The molecule has 10 amide bonds. The zero-order valence-electron chi connectivity index (χ0n) is 57.6. The van der Waals surface area contributed by atoms with Crippen molar-refractivity contribution in [2.75, 3.05) is 39.5 Å². The van der Waals surface area contributed by atoms with Crippen LogP contribution in [-0.4, -0.2) is 205 Å². The van der Waals surface area contributed by atoms with Crippen LogP contribution in [0.15, 0.2) is 60.7 Å². The van der Waals surface area contributed by atoms with Crippen molar-refractivity contribution in [1.82, 2.24) is 50.3 Å². The summed E-state index contributed by atoms with van der Waals surface area (Å²) >= 11 is 0. The van der Waals surface area contributed by atoms with E-state index in [9.17, 15) is 73.6 Å². The third-order valence-corrected chi connectivity index (χ3v) is 22.8. The monoisotopic (exact) mass is 1470 g/mol. The molecule has 2 saturated heterocycles. The quantitative estimate of drug-likeness (QED) is 0.145. The molecular weight excluding hydrogens is 1380 g/mol. The van der Waals surface area contributed by atoms with Gasteiger partial charge in [-0.15, -0.1) is 0 Å². The zero-order valence-corrected chi connectivity index (χ0v) is 59.3. The Balaban J connectivity index is 0.000000205. The van der Waals surface area contributed by atoms with E-state index in [4.69, 9.17) is 28.4 Å². The Labute approximate surface area is 589 Å². The molecule has 10 aliphatic rings. The molecule has 2 aromatic carbocycles. The van der Waals surface area contributed by atoms with Gasteiger partial charge >= 0.3 is 24.4 Å². The van der Waals surface area contributed by atoms with Crippen LogP contribution in [0.4, 0.5) is 28.0 Å². The van der Waals surface area contributed by atoms with Crippen molar-refractivity contribution in [3.05, 3.63) is 94.6 Å². The van der Waals surface area contributed by atoms with Crippen molar-refractivity contribution in [3.8, 4) is 0 Å². The number of nitrogens with one attached hydrogen (secondary N) is 6. The Morgan fingerprint density at radius 2 is 0.951 bits per heavy atom. The van der Waals surface area contributed by atoms with E-state index in [0.717, 1.165) is 9.80 Å². The van der Waals surface area contributed by atoms with Gasteiger partial charge in [-0.05, 0) is 129 Å². The summed E-state index contributed by atoms with van der Waals surface area (Å²) in [5.41, 5.74) is -2.91. The number of halogens is 2. The summed E-state index contributed by atoms with van der Waals surface area (Å²) in [6.45, 7) is 9.61. The van der Waals surface area contributed by atoms with Gasteiger partial charge in [-0.1, -0.05) is 48.6 Å². The highest BCUT2D eigenvalue weighted by atomic mass is 32.2. The topological polar surface area (TPSA) is 379 Å². The van der Waals surface area contributed by atoms with E-state index in [1.807, 2.05) is 12.2 Å². The molecule has 556 valence electrons. The number of alkyl carbamates (subject to hydrolysis) is 2. The Morgan fingerprint density at radius 1 is 0.569 bits per heavy atom. The van der Waals surface area contributed by atoms with Gasteiger partial charge in [0, 0.05) is 62.1 Å². The number of amides is 10. The number of sulfonamides is 2. The number of rotatable bonds is 10.